The van der Waals surface area contributed by atoms with Gasteiger partial charge in [-0.1, -0.05) is 41.9 Å². The molecule has 2 atom stereocenters. The van der Waals surface area contributed by atoms with Crippen LogP contribution < -0.4 is 10.2 Å². The van der Waals surface area contributed by atoms with Crippen LogP contribution in [0.3, 0.4) is 0 Å². The van der Waals surface area contributed by atoms with Crippen LogP contribution in [0, 0.1) is 13.8 Å². The number of para-hydroxylation sites is 3. The van der Waals surface area contributed by atoms with E-state index in [1.165, 1.54) is 0 Å². The van der Waals surface area contributed by atoms with E-state index in [2.05, 4.69) is 34.8 Å². The molecule has 4 aromatic rings. The molecule has 3 heterocycles. The molecule has 0 amide bonds. The molecule has 2 N–H and O–H groups in total. The number of nitrogens with zero attached hydrogens (tertiary/aromatic N) is 3. The summed E-state index contributed by atoms with van der Waals surface area (Å²) in [5, 5.41) is 15.4. The van der Waals surface area contributed by atoms with Crippen molar-refractivity contribution >= 4 is 34.6 Å². The summed E-state index contributed by atoms with van der Waals surface area (Å²) in [6, 6.07) is 22.7. The average Bonchev–Trinajstić information content (AvgIpc) is 3.30. The summed E-state index contributed by atoms with van der Waals surface area (Å²) in [6.45, 7) is 4.16. The van der Waals surface area contributed by atoms with Crippen molar-refractivity contribution in [2.24, 2.45) is 0 Å². The molecule has 1 fully saturated rings. The number of halogens is 1. The second-order valence-electron chi connectivity index (χ2n) is 8.10. The van der Waals surface area contributed by atoms with Crippen molar-refractivity contribution in [2.75, 3.05) is 4.90 Å². The lowest BCUT2D eigenvalue weighted by molar-refractivity contribution is 0.472. The summed E-state index contributed by atoms with van der Waals surface area (Å²) in [4.78, 5) is 6.60. The summed E-state index contributed by atoms with van der Waals surface area (Å²) >= 11 is 12.3. The molecular formula is C26H23ClN4OS. The van der Waals surface area contributed by atoms with Crippen molar-refractivity contribution in [1.29, 1.82) is 0 Å². The first-order valence-electron chi connectivity index (χ1n) is 10.7. The van der Waals surface area contributed by atoms with E-state index in [4.69, 9.17) is 23.8 Å². The number of phenolic OH excluding ortho intramolecular Hbond substituents is 1. The number of nitrogens with one attached hydrogen (secondary N) is 1. The highest BCUT2D eigenvalue weighted by Gasteiger charge is 2.43. The molecular weight excluding hydrogens is 452 g/mol. The van der Waals surface area contributed by atoms with Gasteiger partial charge in [-0.2, -0.15) is 0 Å². The van der Waals surface area contributed by atoms with Gasteiger partial charge in [0.15, 0.2) is 5.11 Å². The maximum atomic E-state index is 10.7. The molecule has 1 aliphatic rings. The van der Waals surface area contributed by atoms with Gasteiger partial charge in [-0.15, -0.1) is 0 Å². The Morgan fingerprint density at radius 3 is 2.36 bits per heavy atom. The van der Waals surface area contributed by atoms with E-state index in [0.29, 0.717) is 15.8 Å². The van der Waals surface area contributed by atoms with E-state index >= 15 is 0 Å². The van der Waals surface area contributed by atoms with E-state index in [1.54, 1.807) is 18.3 Å². The Balaban J connectivity index is 1.71. The Kier molecular flexibility index (Phi) is 5.56. The highest BCUT2D eigenvalue weighted by atomic mass is 35.5. The molecule has 1 saturated heterocycles. The third-order valence-corrected chi connectivity index (χ3v) is 6.76. The molecule has 1 aliphatic heterocycles. The number of rotatable bonds is 4. The summed E-state index contributed by atoms with van der Waals surface area (Å²) in [6.07, 6.45) is 1.78. The lowest BCUT2D eigenvalue weighted by atomic mass is 9.96. The van der Waals surface area contributed by atoms with Crippen LogP contribution in [-0.2, 0) is 0 Å². The third-order valence-electron chi connectivity index (χ3n) is 6.12. The molecule has 2 aromatic heterocycles. The number of pyridine rings is 1. The minimum absolute atomic E-state index is 0.174. The van der Waals surface area contributed by atoms with Crippen molar-refractivity contribution in [3.63, 3.8) is 0 Å². The number of aromatic hydroxyl groups is 1. The third kappa shape index (κ3) is 3.65. The first kappa shape index (κ1) is 21.5. The molecule has 0 unspecified atom stereocenters. The number of hydrogen-bond acceptors (Lipinski definition) is 3. The van der Waals surface area contributed by atoms with Crippen molar-refractivity contribution in [3.8, 4) is 11.4 Å². The fraction of sp³-hybridized carbons (Fsp3) is 0.154. The molecule has 0 bridgehead atoms. The molecule has 5 nitrogen and oxygen atoms in total. The fourth-order valence-electron chi connectivity index (χ4n) is 4.69. The zero-order valence-electron chi connectivity index (χ0n) is 18.2. The van der Waals surface area contributed by atoms with Crippen molar-refractivity contribution in [3.05, 3.63) is 107 Å². The van der Waals surface area contributed by atoms with Crippen LogP contribution in [-0.4, -0.2) is 19.8 Å². The van der Waals surface area contributed by atoms with E-state index in [9.17, 15) is 5.11 Å². The standard InChI is InChI=1S/C26H23ClN4OS/c1-16-15-18(17(2)30(16)21-11-4-3-9-19(21)27)25-24(20-10-7-8-14-28-20)29-26(33)31(25)22-12-5-6-13-23(22)32/h3-15,24-25,32H,1-2H3,(H,29,33)/t24-,25+/m1/s1. The minimum atomic E-state index is -0.219. The highest BCUT2D eigenvalue weighted by Crippen LogP contribution is 2.46. The lowest BCUT2D eigenvalue weighted by Gasteiger charge is -2.28. The largest absolute Gasteiger partial charge is 0.506 e. The van der Waals surface area contributed by atoms with Crippen LogP contribution in [0.4, 0.5) is 5.69 Å². The Labute approximate surface area is 203 Å². The SMILES string of the molecule is Cc1cc([C@H]2[C@@H](c3ccccn3)NC(=S)N2c2ccccc2O)c(C)n1-c1ccccc1Cl. The molecule has 0 saturated carbocycles. The zero-order chi connectivity index (χ0) is 23.1. The number of hydrogen-bond donors (Lipinski definition) is 2. The number of aryl methyl sites for hydroxylation is 1. The smallest absolute Gasteiger partial charge is 0.174 e. The molecule has 2 aromatic carbocycles. The second-order valence-corrected chi connectivity index (χ2v) is 8.89. The van der Waals surface area contributed by atoms with Gasteiger partial charge in [0.25, 0.3) is 0 Å². The van der Waals surface area contributed by atoms with Gasteiger partial charge in [0, 0.05) is 17.6 Å². The summed E-state index contributed by atoms with van der Waals surface area (Å²) in [5.74, 6) is 0.174. The highest BCUT2D eigenvalue weighted by molar-refractivity contribution is 7.80. The molecule has 166 valence electrons. The maximum Gasteiger partial charge on any atom is 0.174 e. The average molecular weight is 475 g/mol. The predicted octanol–water partition coefficient (Wildman–Crippen LogP) is 6.03. The first-order valence-corrected chi connectivity index (χ1v) is 11.5. The van der Waals surface area contributed by atoms with E-state index in [-0.39, 0.29) is 17.8 Å². The number of benzene rings is 2. The summed E-state index contributed by atoms with van der Waals surface area (Å²) < 4.78 is 2.16. The zero-order valence-corrected chi connectivity index (χ0v) is 19.8. The Morgan fingerprint density at radius 2 is 1.67 bits per heavy atom. The van der Waals surface area contributed by atoms with Gasteiger partial charge in [-0.05, 0) is 74.1 Å². The van der Waals surface area contributed by atoms with Crippen molar-refractivity contribution in [2.45, 2.75) is 25.9 Å². The summed E-state index contributed by atoms with van der Waals surface area (Å²) in [5.41, 5.74) is 5.66. The molecule has 7 heteroatoms. The van der Waals surface area contributed by atoms with Crippen LogP contribution in [0.25, 0.3) is 5.69 Å². The summed E-state index contributed by atoms with van der Waals surface area (Å²) in [7, 11) is 0. The van der Waals surface area contributed by atoms with Crippen molar-refractivity contribution < 1.29 is 5.11 Å². The number of thiocarbonyl (C=S) groups is 1. The van der Waals surface area contributed by atoms with Gasteiger partial charge in [0.2, 0.25) is 0 Å². The number of phenols is 1. The first-order chi connectivity index (χ1) is 16.0. The lowest BCUT2D eigenvalue weighted by Crippen LogP contribution is -2.29. The maximum absolute atomic E-state index is 10.7. The molecule has 5 rings (SSSR count). The van der Waals surface area contributed by atoms with Gasteiger partial charge in [0.05, 0.1) is 34.2 Å². The van der Waals surface area contributed by atoms with Gasteiger partial charge in [0.1, 0.15) is 5.75 Å². The Bertz CT molecular complexity index is 1340. The van der Waals surface area contributed by atoms with Crippen molar-refractivity contribution in [1.82, 2.24) is 14.9 Å². The Morgan fingerprint density at radius 1 is 0.970 bits per heavy atom. The second kappa shape index (κ2) is 8.54. The quantitative estimate of drug-likeness (QED) is 0.354. The predicted molar refractivity (Wildman–Crippen MR) is 136 cm³/mol. The van der Waals surface area contributed by atoms with Crippen LogP contribution in [0.1, 0.15) is 34.7 Å². The van der Waals surface area contributed by atoms with E-state index in [1.807, 2.05) is 59.5 Å². The van der Waals surface area contributed by atoms with E-state index in [0.717, 1.165) is 28.3 Å². The van der Waals surface area contributed by atoms with Crippen LogP contribution in [0.15, 0.2) is 79.0 Å². The molecule has 0 radical (unpaired) electrons. The van der Waals surface area contributed by atoms with Gasteiger partial charge in [-0.3, -0.25) is 4.98 Å². The Hall–Kier alpha value is -3.35. The van der Waals surface area contributed by atoms with Crippen LogP contribution >= 0.6 is 23.8 Å². The van der Waals surface area contributed by atoms with Gasteiger partial charge < -0.3 is 19.9 Å². The van der Waals surface area contributed by atoms with E-state index < -0.39 is 0 Å². The minimum Gasteiger partial charge on any atom is -0.506 e. The molecule has 0 spiro atoms. The normalized spacial score (nSPS) is 17.9. The van der Waals surface area contributed by atoms with Gasteiger partial charge >= 0.3 is 0 Å². The number of aromatic nitrogens is 2. The fourth-order valence-corrected chi connectivity index (χ4v) is 5.25. The molecule has 0 aliphatic carbocycles. The van der Waals surface area contributed by atoms with Crippen LogP contribution in [0.2, 0.25) is 5.02 Å². The molecule has 33 heavy (non-hydrogen) atoms. The topological polar surface area (TPSA) is 53.3 Å². The monoisotopic (exact) mass is 474 g/mol. The van der Waals surface area contributed by atoms with Crippen LogP contribution in [0.5, 0.6) is 5.75 Å². The number of anilines is 1. The van der Waals surface area contributed by atoms with Gasteiger partial charge in [-0.25, -0.2) is 0 Å².